The summed E-state index contributed by atoms with van der Waals surface area (Å²) in [6, 6.07) is 21.3. The van der Waals surface area contributed by atoms with Crippen molar-refractivity contribution in [2.24, 2.45) is 0 Å². The van der Waals surface area contributed by atoms with Crippen LogP contribution in [0.2, 0.25) is 5.02 Å². The molecule has 0 saturated heterocycles. The maximum atomic E-state index is 11.7. The number of alkyl carbamates (subject to hydrolysis) is 1. The Labute approximate surface area is 157 Å². The van der Waals surface area contributed by atoms with Gasteiger partial charge in [-0.1, -0.05) is 78.0 Å². The number of carbonyl (C=O) groups is 1. The van der Waals surface area contributed by atoms with Crippen LogP contribution >= 0.6 is 11.6 Å². The van der Waals surface area contributed by atoms with Crippen molar-refractivity contribution in [2.45, 2.75) is 13.0 Å². The number of fused-ring (bicyclic) bond motifs is 1. The van der Waals surface area contributed by atoms with E-state index < -0.39 is 6.09 Å². The van der Waals surface area contributed by atoms with Gasteiger partial charge >= 0.3 is 6.09 Å². The molecule has 0 aliphatic carbocycles. The molecule has 0 bridgehead atoms. The van der Waals surface area contributed by atoms with Crippen LogP contribution in [0.4, 0.5) is 4.79 Å². The lowest BCUT2D eigenvalue weighted by atomic mass is 10.0. The third kappa shape index (κ3) is 4.78. The summed E-state index contributed by atoms with van der Waals surface area (Å²) in [5, 5.41) is 5.41. The lowest BCUT2D eigenvalue weighted by molar-refractivity contribution is 0.140. The first-order chi connectivity index (χ1) is 12.7. The van der Waals surface area contributed by atoms with Gasteiger partial charge in [0.2, 0.25) is 0 Å². The van der Waals surface area contributed by atoms with Crippen molar-refractivity contribution in [3.05, 3.63) is 82.9 Å². The third-order valence-corrected chi connectivity index (χ3v) is 4.12. The number of ether oxygens (including phenoxy) is 1. The van der Waals surface area contributed by atoms with E-state index in [2.05, 4.69) is 17.2 Å². The molecule has 4 heteroatoms. The van der Waals surface area contributed by atoms with Crippen LogP contribution in [0.3, 0.4) is 0 Å². The van der Waals surface area contributed by atoms with Crippen molar-refractivity contribution < 1.29 is 9.53 Å². The van der Waals surface area contributed by atoms with Gasteiger partial charge in [0.05, 0.1) is 0 Å². The molecule has 130 valence electrons. The molecular weight excluding hydrogens is 346 g/mol. The molecule has 1 amide bonds. The zero-order valence-corrected chi connectivity index (χ0v) is 14.9. The molecule has 3 nitrogen and oxygen atoms in total. The third-order valence-electron chi connectivity index (χ3n) is 3.81. The Kier molecular flexibility index (Phi) is 6.14. The average Bonchev–Trinajstić information content (AvgIpc) is 2.67. The number of hydrogen-bond donors (Lipinski definition) is 1. The van der Waals surface area contributed by atoms with Gasteiger partial charge in [0, 0.05) is 28.9 Å². The average molecular weight is 364 g/mol. The minimum absolute atomic E-state index is 0.257. The fraction of sp³-hybridized carbons (Fsp3) is 0.136. The normalized spacial score (nSPS) is 10.0. The molecule has 3 rings (SSSR count). The summed E-state index contributed by atoms with van der Waals surface area (Å²) in [6.07, 6.45) is 0.0882. The van der Waals surface area contributed by atoms with Gasteiger partial charge in [0.25, 0.3) is 0 Å². The van der Waals surface area contributed by atoms with Gasteiger partial charge in [-0.05, 0) is 23.1 Å². The second-order valence-corrected chi connectivity index (χ2v) is 6.09. The molecule has 3 aromatic rings. The SMILES string of the molecule is O=C(NCCC#Cc1cccc2cccc(Cl)c12)OCc1ccccc1. The number of carbonyl (C=O) groups excluding carboxylic acids is 1. The highest BCUT2D eigenvalue weighted by Crippen LogP contribution is 2.26. The smallest absolute Gasteiger partial charge is 0.407 e. The minimum atomic E-state index is -0.441. The summed E-state index contributed by atoms with van der Waals surface area (Å²) in [6.45, 7) is 0.686. The second-order valence-electron chi connectivity index (χ2n) is 5.68. The van der Waals surface area contributed by atoms with E-state index in [0.717, 1.165) is 21.9 Å². The molecule has 0 saturated carbocycles. The van der Waals surface area contributed by atoms with Crippen LogP contribution in [-0.4, -0.2) is 12.6 Å². The van der Waals surface area contributed by atoms with E-state index in [4.69, 9.17) is 16.3 Å². The van der Waals surface area contributed by atoms with Crippen LogP contribution in [0.1, 0.15) is 17.5 Å². The largest absolute Gasteiger partial charge is 0.445 e. The molecule has 0 heterocycles. The van der Waals surface area contributed by atoms with Gasteiger partial charge in [-0.25, -0.2) is 4.79 Å². The van der Waals surface area contributed by atoms with E-state index in [-0.39, 0.29) is 6.61 Å². The Bertz CT molecular complexity index is 953. The van der Waals surface area contributed by atoms with Gasteiger partial charge < -0.3 is 10.1 Å². The molecule has 0 aromatic heterocycles. The number of benzene rings is 3. The van der Waals surface area contributed by atoms with Gasteiger partial charge in [-0.15, -0.1) is 0 Å². The van der Waals surface area contributed by atoms with Crippen molar-refractivity contribution >= 4 is 28.5 Å². The topological polar surface area (TPSA) is 38.3 Å². The Morgan fingerprint density at radius 1 is 1.00 bits per heavy atom. The second kappa shape index (κ2) is 8.94. The molecule has 1 N–H and O–H groups in total. The Morgan fingerprint density at radius 3 is 2.58 bits per heavy atom. The highest BCUT2D eigenvalue weighted by molar-refractivity contribution is 6.36. The van der Waals surface area contributed by atoms with Gasteiger partial charge in [-0.2, -0.15) is 0 Å². The number of nitrogens with one attached hydrogen (secondary N) is 1. The van der Waals surface area contributed by atoms with Crippen LogP contribution in [0.25, 0.3) is 10.8 Å². The van der Waals surface area contributed by atoms with Crippen LogP contribution in [0.15, 0.2) is 66.7 Å². The Morgan fingerprint density at radius 2 is 1.77 bits per heavy atom. The molecule has 0 unspecified atom stereocenters. The Hall–Kier alpha value is -2.96. The van der Waals surface area contributed by atoms with E-state index in [1.807, 2.05) is 66.7 Å². The number of rotatable bonds is 4. The van der Waals surface area contributed by atoms with E-state index >= 15 is 0 Å². The summed E-state index contributed by atoms with van der Waals surface area (Å²) in [5.41, 5.74) is 1.84. The van der Waals surface area contributed by atoms with Crippen molar-refractivity contribution in [1.29, 1.82) is 0 Å². The van der Waals surface area contributed by atoms with E-state index in [1.165, 1.54) is 0 Å². The highest BCUT2D eigenvalue weighted by Gasteiger charge is 2.03. The molecule has 0 radical (unpaired) electrons. The van der Waals surface area contributed by atoms with Crippen LogP contribution in [0, 0.1) is 11.8 Å². The standard InChI is InChI=1S/C22H18ClNO2/c23-20-14-7-13-19-12-6-11-18(21(19)20)10-4-5-15-24-22(25)26-16-17-8-2-1-3-9-17/h1-3,6-9,11-14H,5,15-16H2,(H,24,25). The molecule has 0 spiro atoms. The maximum Gasteiger partial charge on any atom is 0.407 e. The molecule has 0 fully saturated rings. The molecule has 0 atom stereocenters. The van der Waals surface area contributed by atoms with Gasteiger partial charge in [0.1, 0.15) is 6.61 Å². The predicted octanol–water partition coefficient (Wildman–Crippen LogP) is 5.16. The zero-order chi connectivity index (χ0) is 18.2. The lowest BCUT2D eigenvalue weighted by Crippen LogP contribution is -2.24. The molecule has 26 heavy (non-hydrogen) atoms. The van der Waals surface area contributed by atoms with Crippen LogP contribution in [-0.2, 0) is 11.3 Å². The van der Waals surface area contributed by atoms with E-state index in [0.29, 0.717) is 18.0 Å². The Balaban J connectivity index is 1.50. The fourth-order valence-corrected chi connectivity index (χ4v) is 2.84. The molecular formula is C22H18ClNO2. The molecule has 0 aliphatic heterocycles. The summed E-state index contributed by atoms with van der Waals surface area (Å²) in [4.78, 5) is 11.7. The molecule has 0 aliphatic rings. The first-order valence-electron chi connectivity index (χ1n) is 8.35. The summed E-state index contributed by atoms with van der Waals surface area (Å²) in [7, 11) is 0. The van der Waals surface area contributed by atoms with Gasteiger partial charge in [0.15, 0.2) is 0 Å². The first-order valence-corrected chi connectivity index (χ1v) is 8.72. The fourth-order valence-electron chi connectivity index (χ4n) is 2.56. The first kappa shape index (κ1) is 17.8. The van der Waals surface area contributed by atoms with Crippen LogP contribution < -0.4 is 5.32 Å². The predicted molar refractivity (Wildman–Crippen MR) is 105 cm³/mol. The monoisotopic (exact) mass is 363 g/mol. The summed E-state index contributed by atoms with van der Waals surface area (Å²) < 4.78 is 5.15. The maximum absolute atomic E-state index is 11.7. The van der Waals surface area contributed by atoms with E-state index in [9.17, 15) is 4.79 Å². The van der Waals surface area contributed by atoms with Crippen LogP contribution in [0.5, 0.6) is 0 Å². The number of hydrogen-bond acceptors (Lipinski definition) is 2. The van der Waals surface area contributed by atoms with Crippen molar-refractivity contribution in [3.8, 4) is 11.8 Å². The van der Waals surface area contributed by atoms with Gasteiger partial charge in [-0.3, -0.25) is 0 Å². The summed E-state index contributed by atoms with van der Waals surface area (Å²) in [5.74, 6) is 6.20. The van der Waals surface area contributed by atoms with Crippen molar-refractivity contribution in [1.82, 2.24) is 5.32 Å². The minimum Gasteiger partial charge on any atom is -0.445 e. The van der Waals surface area contributed by atoms with Crippen molar-refractivity contribution in [3.63, 3.8) is 0 Å². The van der Waals surface area contributed by atoms with Crippen molar-refractivity contribution in [2.75, 3.05) is 6.54 Å². The number of halogens is 1. The summed E-state index contributed by atoms with van der Waals surface area (Å²) >= 11 is 6.29. The lowest BCUT2D eigenvalue weighted by Gasteiger charge is -2.05. The quantitative estimate of drug-likeness (QED) is 0.513. The number of amides is 1. The highest BCUT2D eigenvalue weighted by atomic mass is 35.5. The zero-order valence-electron chi connectivity index (χ0n) is 14.2. The van der Waals surface area contributed by atoms with E-state index in [1.54, 1.807) is 0 Å². The molecule has 3 aromatic carbocycles.